The lowest BCUT2D eigenvalue weighted by Crippen LogP contribution is -2.48. The summed E-state index contributed by atoms with van der Waals surface area (Å²) in [6.07, 6.45) is -0.628. The topological polar surface area (TPSA) is 49.3 Å². The molecule has 0 bridgehead atoms. The van der Waals surface area contributed by atoms with E-state index in [0.29, 0.717) is 37.8 Å². The van der Waals surface area contributed by atoms with Crippen molar-refractivity contribution >= 4 is 11.7 Å². The summed E-state index contributed by atoms with van der Waals surface area (Å²) in [5, 5.41) is 0. The van der Waals surface area contributed by atoms with Gasteiger partial charge in [-0.15, -0.1) is 0 Å². The van der Waals surface area contributed by atoms with Crippen LogP contribution in [-0.2, 0) is 4.79 Å². The quantitative estimate of drug-likeness (QED) is 0.855. The number of alkyl halides is 2. The number of halogens is 2. The molecule has 1 aliphatic carbocycles. The highest BCUT2D eigenvalue weighted by Crippen LogP contribution is 2.39. The molecule has 0 aromatic carbocycles. The maximum atomic E-state index is 13.0. The van der Waals surface area contributed by atoms with E-state index in [4.69, 9.17) is 0 Å². The molecule has 0 N–H and O–H groups in total. The summed E-state index contributed by atoms with van der Waals surface area (Å²) in [6.45, 7) is 3.97. The van der Waals surface area contributed by atoms with Crippen molar-refractivity contribution in [3.05, 3.63) is 17.6 Å². The largest absolute Gasteiger partial charge is 0.353 e. The highest BCUT2D eigenvalue weighted by atomic mass is 19.3. The summed E-state index contributed by atoms with van der Waals surface area (Å²) in [4.78, 5) is 23.5. The number of aromatic nitrogens is 2. The van der Waals surface area contributed by atoms with E-state index in [-0.39, 0.29) is 17.5 Å². The molecule has 1 saturated carbocycles. The van der Waals surface area contributed by atoms with Gasteiger partial charge in [-0.1, -0.05) is 0 Å². The third-order valence-corrected chi connectivity index (χ3v) is 3.96. The number of hydrogen-bond acceptors (Lipinski definition) is 4. The highest BCUT2D eigenvalue weighted by molar-refractivity contribution is 5.73. The molecule has 114 valence electrons. The third-order valence-electron chi connectivity index (χ3n) is 3.96. The summed E-state index contributed by atoms with van der Waals surface area (Å²) in [6, 6.07) is 1.37. The Kier molecular flexibility index (Phi) is 3.73. The average Bonchev–Trinajstić information content (AvgIpc) is 3.31. The van der Waals surface area contributed by atoms with Crippen LogP contribution in [0.25, 0.3) is 0 Å². The van der Waals surface area contributed by atoms with E-state index >= 15 is 0 Å². The van der Waals surface area contributed by atoms with Crippen LogP contribution in [0.15, 0.2) is 6.07 Å². The summed E-state index contributed by atoms with van der Waals surface area (Å²) in [7, 11) is 0. The van der Waals surface area contributed by atoms with Crippen molar-refractivity contribution in [1.29, 1.82) is 0 Å². The van der Waals surface area contributed by atoms with Gasteiger partial charge in [-0.3, -0.25) is 4.79 Å². The number of hydrogen-bond donors (Lipinski definition) is 0. The Morgan fingerprint density at radius 2 is 1.90 bits per heavy atom. The van der Waals surface area contributed by atoms with Crippen LogP contribution in [0, 0.1) is 0 Å². The van der Waals surface area contributed by atoms with E-state index in [1.807, 2.05) is 4.90 Å². The first-order valence-corrected chi connectivity index (χ1v) is 7.22. The van der Waals surface area contributed by atoms with Crippen LogP contribution >= 0.6 is 0 Å². The van der Waals surface area contributed by atoms with Gasteiger partial charge in [0, 0.05) is 45.1 Å². The lowest BCUT2D eigenvalue weighted by molar-refractivity contribution is -0.129. The standard InChI is InChI=1S/C14H18F2N4O/c1-9(21)19-4-6-20(7-5-19)12-8-11(13(15)16)17-14(18-12)10-2-3-10/h8,10,13H,2-7H2,1H3. The molecule has 1 aromatic rings. The Morgan fingerprint density at radius 1 is 1.24 bits per heavy atom. The van der Waals surface area contributed by atoms with E-state index in [9.17, 15) is 13.6 Å². The SMILES string of the molecule is CC(=O)N1CCN(c2cc(C(F)F)nc(C3CC3)n2)CC1. The Bertz CT molecular complexity index is 520. The van der Waals surface area contributed by atoms with Crippen LogP contribution in [0.2, 0.25) is 0 Å². The maximum absolute atomic E-state index is 13.0. The zero-order valence-electron chi connectivity index (χ0n) is 11.9. The Labute approximate surface area is 122 Å². The number of rotatable bonds is 3. The van der Waals surface area contributed by atoms with E-state index in [2.05, 4.69) is 9.97 Å². The predicted molar refractivity (Wildman–Crippen MR) is 73.4 cm³/mol. The molecule has 0 spiro atoms. The molecule has 3 rings (SSSR count). The van der Waals surface area contributed by atoms with Gasteiger partial charge in [-0.05, 0) is 12.8 Å². The van der Waals surface area contributed by atoms with Crippen molar-refractivity contribution in [1.82, 2.24) is 14.9 Å². The molecule has 1 aliphatic heterocycles. The predicted octanol–water partition coefficient (Wildman–Crippen LogP) is 1.96. The van der Waals surface area contributed by atoms with Crippen LogP contribution in [0.5, 0.6) is 0 Å². The lowest BCUT2D eigenvalue weighted by Gasteiger charge is -2.35. The number of carbonyl (C=O) groups is 1. The highest BCUT2D eigenvalue weighted by Gasteiger charge is 2.29. The van der Waals surface area contributed by atoms with Crippen molar-refractivity contribution in [2.45, 2.75) is 32.1 Å². The van der Waals surface area contributed by atoms with Crippen LogP contribution < -0.4 is 4.90 Å². The summed E-state index contributed by atoms with van der Waals surface area (Å²) < 4.78 is 26.0. The van der Waals surface area contributed by atoms with E-state index in [1.165, 1.54) is 6.07 Å². The van der Waals surface area contributed by atoms with Gasteiger partial charge in [-0.2, -0.15) is 0 Å². The van der Waals surface area contributed by atoms with Gasteiger partial charge >= 0.3 is 0 Å². The zero-order valence-corrected chi connectivity index (χ0v) is 11.9. The Balaban J connectivity index is 1.80. The minimum absolute atomic E-state index is 0.0456. The molecule has 0 atom stereocenters. The minimum Gasteiger partial charge on any atom is -0.353 e. The van der Waals surface area contributed by atoms with Gasteiger partial charge in [0.1, 0.15) is 17.3 Å². The minimum atomic E-state index is -2.58. The maximum Gasteiger partial charge on any atom is 0.280 e. The van der Waals surface area contributed by atoms with Gasteiger partial charge in [0.25, 0.3) is 6.43 Å². The molecular weight excluding hydrogens is 278 g/mol. The first-order valence-electron chi connectivity index (χ1n) is 7.22. The number of piperazine rings is 1. The van der Waals surface area contributed by atoms with Gasteiger partial charge < -0.3 is 9.80 Å². The normalized spacial score (nSPS) is 19.2. The Morgan fingerprint density at radius 3 is 2.43 bits per heavy atom. The molecule has 1 aromatic heterocycles. The van der Waals surface area contributed by atoms with Crippen LogP contribution in [0.1, 0.15) is 43.6 Å². The molecular formula is C14H18F2N4O. The van der Waals surface area contributed by atoms with Gasteiger partial charge in [-0.25, -0.2) is 18.7 Å². The first-order chi connectivity index (χ1) is 10.0. The monoisotopic (exact) mass is 296 g/mol. The molecule has 2 aliphatic rings. The summed E-state index contributed by atoms with van der Waals surface area (Å²) in [5.41, 5.74) is -0.198. The summed E-state index contributed by atoms with van der Waals surface area (Å²) >= 11 is 0. The molecule has 5 nitrogen and oxygen atoms in total. The second-order valence-corrected chi connectivity index (χ2v) is 5.58. The smallest absolute Gasteiger partial charge is 0.280 e. The molecule has 7 heteroatoms. The molecule has 1 saturated heterocycles. The van der Waals surface area contributed by atoms with Crippen LogP contribution in [0.4, 0.5) is 14.6 Å². The number of nitrogens with zero attached hydrogens (tertiary/aromatic N) is 4. The van der Waals surface area contributed by atoms with Crippen LogP contribution in [-0.4, -0.2) is 47.0 Å². The van der Waals surface area contributed by atoms with Gasteiger partial charge in [0.2, 0.25) is 5.91 Å². The first kappa shape index (κ1) is 14.2. The fraction of sp³-hybridized carbons (Fsp3) is 0.643. The number of amides is 1. The number of carbonyl (C=O) groups excluding carboxylic acids is 1. The molecule has 1 amide bonds. The second kappa shape index (κ2) is 5.54. The fourth-order valence-electron chi connectivity index (χ4n) is 2.52. The lowest BCUT2D eigenvalue weighted by atomic mass is 10.2. The fourth-order valence-corrected chi connectivity index (χ4v) is 2.52. The average molecular weight is 296 g/mol. The van der Waals surface area contributed by atoms with Crippen molar-refractivity contribution in [2.75, 3.05) is 31.1 Å². The molecule has 0 unspecified atom stereocenters. The third kappa shape index (κ3) is 3.11. The molecule has 0 radical (unpaired) electrons. The van der Waals surface area contributed by atoms with Crippen molar-refractivity contribution in [3.63, 3.8) is 0 Å². The van der Waals surface area contributed by atoms with Crippen LogP contribution in [0.3, 0.4) is 0 Å². The van der Waals surface area contributed by atoms with Gasteiger partial charge in [0.05, 0.1) is 0 Å². The zero-order chi connectivity index (χ0) is 15.0. The Hall–Kier alpha value is -1.79. The molecule has 21 heavy (non-hydrogen) atoms. The van der Waals surface area contributed by atoms with Crippen molar-refractivity contribution < 1.29 is 13.6 Å². The molecule has 2 fully saturated rings. The van der Waals surface area contributed by atoms with E-state index < -0.39 is 6.43 Å². The van der Waals surface area contributed by atoms with Crippen molar-refractivity contribution in [2.24, 2.45) is 0 Å². The van der Waals surface area contributed by atoms with Gasteiger partial charge in [0.15, 0.2) is 0 Å². The van der Waals surface area contributed by atoms with E-state index in [0.717, 1.165) is 12.8 Å². The van der Waals surface area contributed by atoms with E-state index in [1.54, 1.807) is 11.8 Å². The van der Waals surface area contributed by atoms with Crippen molar-refractivity contribution in [3.8, 4) is 0 Å². The molecule has 2 heterocycles. The summed E-state index contributed by atoms with van der Waals surface area (Å²) in [5.74, 6) is 1.38. The second-order valence-electron chi connectivity index (χ2n) is 5.58. The number of anilines is 1.